The van der Waals surface area contributed by atoms with Crippen molar-refractivity contribution in [2.45, 2.75) is 31.6 Å². The highest BCUT2D eigenvalue weighted by Crippen LogP contribution is 2.30. The second kappa shape index (κ2) is 17.3. The fourth-order valence-corrected chi connectivity index (χ4v) is 5.21. The molecule has 2 aromatic carbocycles. The van der Waals surface area contributed by atoms with Crippen LogP contribution in [0.5, 0.6) is 5.75 Å². The summed E-state index contributed by atoms with van der Waals surface area (Å²) in [6.07, 6.45) is 4.00. The third kappa shape index (κ3) is 9.95. The number of likely N-dealkylation sites (tertiary alicyclic amines) is 1. The molecular formula is C31H41FN4O3S. The smallest absolute Gasteiger partial charge is 0.145 e. The first-order valence-electron chi connectivity index (χ1n) is 13.2. The van der Waals surface area contributed by atoms with Crippen LogP contribution in [0.15, 0.2) is 59.6 Å². The topological polar surface area (TPSA) is 83.6 Å². The van der Waals surface area contributed by atoms with Crippen molar-refractivity contribution in [3.05, 3.63) is 66.1 Å². The van der Waals surface area contributed by atoms with Crippen molar-refractivity contribution in [3.8, 4) is 5.75 Å². The van der Waals surface area contributed by atoms with Gasteiger partial charge in [0.1, 0.15) is 24.6 Å². The molecule has 0 aliphatic carbocycles. The average Bonchev–Trinajstić information content (AvgIpc) is 3.42. The summed E-state index contributed by atoms with van der Waals surface area (Å²) in [5, 5.41) is 7.59. The van der Waals surface area contributed by atoms with E-state index >= 15 is 0 Å². The van der Waals surface area contributed by atoms with E-state index in [2.05, 4.69) is 39.2 Å². The van der Waals surface area contributed by atoms with Crippen LogP contribution in [0.3, 0.4) is 0 Å². The zero-order chi connectivity index (χ0) is 29.5. The molecule has 0 spiro atoms. The Labute approximate surface area is 241 Å². The number of hydrogen-bond donors (Lipinski definition) is 2. The first kappa shape index (κ1) is 32.8. The van der Waals surface area contributed by atoms with Crippen LogP contribution in [-0.4, -0.2) is 69.0 Å². The lowest BCUT2D eigenvalue weighted by Gasteiger charge is -2.18. The Morgan fingerprint density at radius 2 is 2.00 bits per heavy atom. The van der Waals surface area contributed by atoms with Crippen LogP contribution in [0.1, 0.15) is 25.8 Å². The number of rotatable bonds is 11. The quantitative estimate of drug-likeness (QED) is 0.163. The molecule has 9 heteroatoms. The Hall–Kier alpha value is -3.43. The van der Waals surface area contributed by atoms with E-state index in [0.29, 0.717) is 29.4 Å². The standard InChI is InChI=1S/C26H31FN4O2S.C4H8.CH2O/c1-28-25-13-19(3-6-26(25)34-12-11-32)29-15-18-7-9-31(17-18)10-8-21-22-14-20(33-2)4-5-24(22)30-16-23(21)27;1-4(2)3;1-2/h3-6,11,13-14,16,18,28-29H,7-10,12,15,17H2,1-2H3;1H2,2-3H3;1H2. The van der Waals surface area contributed by atoms with Crippen LogP contribution in [-0.2, 0) is 16.0 Å². The van der Waals surface area contributed by atoms with Crippen molar-refractivity contribution in [2.24, 2.45) is 5.92 Å². The largest absolute Gasteiger partial charge is 0.497 e. The second-order valence-corrected chi connectivity index (χ2v) is 10.8. The molecular weight excluding hydrogens is 527 g/mol. The molecule has 1 aliphatic heterocycles. The van der Waals surface area contributed by atoms with Crippen LogP contribution in [0.2, 0.25) is 0 Å². The predicted molar refractivity (Wildman–Crippen MR) is 165 cm³/mol. The molecule has 1 saturated heterocycles. The van der Waals surface area contributed by atoms with Gasteiger partial charge in [0.2, 0.25) is 0 Å². The molecule has 0 amide bonds. The molecule has 40 heavy (non-hydrogen) atoms. The van der Waals surface area contributed by atoms with Crippen molar-refractivity contribution < 1.29 is 18.7 Å². The first-order valence-corrected chi connectivity index (χ1v) is 14.2. The van der Waals surface area contributed by atoms with Crippen LogP contribution < -0.4 is 15.4 Å². The Bertz CT molecular complexity index is 1250. The summed E-state index contributed by atoms with van der Waals surface area (Å²) < 4.78 is 19.9. The van der Waals surface area contributed by atoms with Crippen molar-refractivity contribution in [1.82, 2.24) is 9.88 Å². The van der Waals surface area contributed by atoms with Crippen molar-refractivity contribution in [3.63, 3.8) is 0 Å². The number of pyridine rings is 1. The van der Waals surface area contributed by atoms with Gasteiger partial charge in [-0.15, -0.1) is 18.3 Å². The summed E-state index contributed by atoms with van der Waals surface area (Å²) in [6.45, 7) is 13.2. The number of nitrogens with one attached hydrogen (secondary N) is 2. The van der Waals surface area contributed by atoms with Crippen molar-refractivity contribution in [1.29, 1.82) is 0 Å². The summed E-state index contributed by atoms with van der Waals surface area (Å²) in [4.78, 5) is 26.4. The minimum atomic E-state index is -0.256. The van der Waals surface area contributed by atoms with Crippen LogP contribution in [0, 0.1) is 11.7 Å². The molecule has 0 bridgehead atoms. The van der Waals surface area contributed by atoms with Gasteiger partial charge >= 0.3 is 0 Å². The summed E-state index contributed by atoms with van der Waals surface area (Å²) in [5.74, 6) is 1.45. The van der Waals surface area contributed by atoms with Crippen LogP contribution >= 0.6 is 11.8 Å². The zero-order valence-electron chi connectivity index (χ0n) is 24.0. The Balaban J connectivity index is 0.000000858. The lowest BCUT2D eigenvalue weighted by molar-refractivity contribution is -0.105. The molecule has 7 nitrogen and oxygen atoms in total. The molecule has 1 atom stereocenters. The molecule has 2 heterocycles. The number of aromatic nitrogens is 1. The molecule has 1 aromatic heterocycles. The number of methoxy groups -OCH3 is 1. The van der Waals surface area contributed by atoms with E-state index in [1.54, 1.807) is 7.11 Å². The summed E-state index contributed by atoms with van der Waals surface area (Å²) in [6, 6.07) is 11.8. The van der Waals surface area contributed by atoms with Gasteiger partial charge in [-0.25, -0.2) is 4.39 Å². The van der Waals surface area contributed by atoms with Gasteiger partial charge in [0, 0.05) is 53.9 Å². The highest BCUT2D eigenvalue weighted by molar-refractivity contribution is 8.00. The monoisotopic (exact) mass is 568 g/mol. The Kier molecular flexibility index (Phi) is 14.2. The number of nitrogens with zero attached hydrogens (tertiary/aromatic N) is 2. The van der Waals surface area contributed by atoms with Crippen molar-refractivity contribution in [2.75, 3.05) is 56.7 Å². The number of thioether (sulfide) groups is 1. The summed E-state index contributed by atoms with van der Waals surface area (Å²) >= 11 is 1.53. The highest BCUT2D eigenvalue weighted by Gasteiger charge is 2.23. The fraction of sp³-hybridized carbons (Fsp3) is 0.387. The summed E-state index contributed by atoms with van der Waals surface area (Å²) in [7, 11) is 3.51. The maximum Gasteiger partial charge on any atom is 0.145 e. The number of benzene rings is 2. The first-order chi connectivity index (χ1) is 19.3. The van der Waals surface area contributed by atoms with Gasteiger partial charge in [0.15, 0.2) is 0 Å². The number of aldehydes is 1. The van der Waals surface area contributed by atoms with E-state index in [9.17, 15) is 9.18 Å². The van der Waals surface area contributed by atoms with Gasteiger partial charge in [-0.2, -0.15) is 0 Å². The lowest BCUT2D eigenvalue weighted by atomic mass is 10.0. The van der Waals surface area contributed by atoms with Gasteiger partial charge in [-0.3, -0.25) is 4.98 Å². The molecule has 4 rings (SSSR count). The molecule has 0 saturated carbocycles. The average molecular weight is 569 g/mol. The third-order valence-corrected chi connectivity index (χ3v) is 7.30. The van der Waals surface area contributed by atoms with E-state index in [-0.39, 0.29) is 5.82 Å². The predicted octanol–water partition coefficient (Wildman–Crippen LogP) is 6.09. The molecule has 216 valence electrons. The molecule has 1 aliphatic rings. The normalized spacial score (nSPS) is 14.4. The fourth-order valence-electron chi connectivity index (χ4n) is 4.48. The maximum atomic E-state index is 14.6. The molecule has 0 radical (unpaired) electrons. The van der Waals surface area contributed by atoms with Gasteiger partial charge in [0.05, 0.1) is 24.6 Å². The Morgan fingerprint density at radius 1 is 1.25 bits per heavy atom. The van der Waals surface area contributed by atoms with E-state index in [0.717, 1.165) is 66.1 Å². The zero-order valence-corrected chi connectivity index (χ0v) is 24.8. The van der Waals surface area contributed by atoms with Crippen molar-refractivity contribution >= 4 is 47.1 Å². The minimum Gasteiger partial charge on any atom is -0.497 e. The number of carbonyl (C=O) groups excluding carboxylic acids is 2. The van der Waals surface area contributed by atoms with Crippen LogP contribution in [0.25, 0.3) is 10.9 Å². The number of allylic oxidation sites excluding steroid dienone is 1. The second-order valence-electron chi connectivity index (χ2n) is 9.70. The van der Waals surface area contributed by atoms with E-state index in [1.807, 2.05) is 51.9 Å². The number of hydrogen-bond acceptors (Lipinski definition) is 8. The van der Waals surface area contributed by atoms with E-state index < -0.39 is 0 Å². The highest BCUT2D eigenvalue weighted by atomic mass is 32.2. The van der Waals surface area contributed by atoms with E-state index in [1.165, 1.54) is 23.5 Å². The number of ether oxygens (including phenoxy) is 1. The SMILES string of the molecule is C=C(C)C.C=O.CNc1cc(NCC2CCN(CCc3c(F)cnc4ccc(OC)cc34)C2)ccc1SCC=O. The molecule has 1 unspecified atom stereocenters. The lowest BCUT2D eigenvalue weighted by Crippen LogP contribution is -2.25. The molecule has 3 aromatic rings. The minimum absolute atomic E-state index is 0.256. The number of carbonyl (C=O) groups is 2. The molecule has 1 fully saturated rings. The van der Waals surface area contributed by atoms with Gasteiger partial charge < -0.3 is 29.9 Å². The van der Waals surface area contributed by atoms with E-state index in [4.69, 9.17) is 9.53 Å². The molecule has 2 N–H and O–H groups in total. The summed E-state index contributed by atoms with van der Waals surface area (Å²) in [5.41, 5.74) is 4.75. The Morgan fingerprint density at radius 3 is 2.67 bits per heavy atom. The number of fused-ring (bicyclic) bond motifs is 1. The van der Waals surface area contributed by atoms with Gasteiger partial charge in [0.25, 0.3) is 0 Å². The number of anilines is 2. The maximum absolute atomic E-state index is 14.6. The third-order valence-electron chi connectivity index (χ3n) is 6.33. The number of halogens is 1. The van der Waals surface area contributed by atoms with Crippen LogP contribution in [0.4, 0.5) is 15.8 Å². The van der Waals surface area contributed by atoms with Gasteiger partial charge in [-0.1, -0.05) is 5.57 Å². The van der Waals surface area contributed by atoms with Gasteiger partial charge in [-0.05, 0) is 75.5 Å².